The van der Waals surface area contributed by atoms with Crippen molar-refractivity contribution >= 4 is 34.7 Å². The zero-order valence-electron chi connectivity index (χ0n) is 18.1. The third-order valence-electron chi connectivity index (χ3n) is 5.40. The second kappa shape index (κ2) is 9.38. The number of aliphatic hydroxyl groups excluding tert-OH is 1. The molecular weight excluding hydrogens is 442 g/mol. The van der Waals surface area contributed by atoms with Crippen molar-refractivity contribution < 1.29 is 24.2 Å². The average Bonchev–Trinajstić information content (AvgIpc) is 3.09. The van der Waals surface area contributed by atoms with Crippen molar-refractivity contribution in [3.63, 3.8) is 0 Å². The van der Waals surface area contributed by atoms with Crippen LogP contribution < -0.4 is 14.4 Å². The highest BCUT2D eigenvalue weighted by atomic mass is 35.5. The molecule has 0 saturated carbocycles. The maximum absolute atomic E-state index is 13.2. The zero-order chi connectivity index (χ0) is 23.5. The van der Waals surface area contributed by atoms with Gasteiger partial charge in [-0.05, 0) is 55.0 Å². The summed E-state index contributed by atoms with van der Waals surface area (Å²) in [5, 5.41) is 11.7. The van der Waals surface area contributed by atoms with E-state index in [-0.39, 0.29) is 11.3 Å². The molecule has 3 aromatic carbocycles. The lowest BCUT2D eigenvalue weighted by atomic mass is 9.94. The molecule has 0 aliphatic carbocycles. The van der Waals surface area contributed by atoms with Crippen molar-refractivity contribution in [1.82, 2.24) is 0 Å². The number of Topliss-reactive ketones (excluding diaryl/α,β-unsaturated/α-hetero) is 1. The molecule has 1 aliphatic rings. The van der Waals surface area contributed by atoms with Gasteiger partial charge in [0.15, 0.2) is 0 Å². The third kappa shape index (κ3) is 4.17. The third-order valence-corrected chi connectivity index (χ3v) is 5.63. The number of methoxy groups -OCH3 is 1. The van der Waals surface area contributed by atoms with Crippen molar-refractivity contribution in [2.45, 2.75) is 13.0 Å². The molecule has 0 radical (unpaired) electrons. The summed E-state index contributed by atoms with van der Waals surface area (Å²) < 4.78 is 10.9. The van der Waals surface area contributed by atoms with Crippen LogP contribution in [0.1, 0.15) is 24.1 Å². The number of ketones is 1. The first-order valence-corrected chi connectivity index (χ1v) is 10.8. The Morgan fingerprint density at radius 2 is 1.76 bits per heavy atom. The Balaban J connectivity index is 1.94. The van der Waals surface area contributed by atoms with Gasteiger partial charge in [-0.25, -0.2) is 0 Å². The average molecular weight is 464 g/mol. The predicted molar refractivity (Wildman–Crippen MR) is 127 cm³/mol. The van der Waals surface area contributed by atoms with E-state index in [0.717, 1.165) is 0 Å². The van der Waals surface area contributed by atoms with Gasteiger partial charge in [0.2, 0.25) is 0 Å². The molecule has 1 N–H and O–H groups in total. The number of anilines is 1. The summed E-state index contributed by atoms with van der Waals surface area (Å²) in [6.07, 6.45) is 0. The fourth-order valence-corrected chi connectivity index (χ4v) is 4.12. The van der Waals surface area contributed by atoms with Crippen LogP contribution in [0.2, 0.25) is 5.02 Å². The molecule has 0 aromatic heterocycles. The van der Waals surface area contributed by atoms with Gasteiger partial charge >= 0.3 is 0 Å². The van der Waals surface area contributed by atoms with Crippen LogP contribution in [0.25, 0.3) is 5.76 Å². The summed E-state index contributed by atoms with van der Waals surface area (Å²) in [5.41, 5.74) is 1.37. The minimum atomic E-state index is -0.871. The van der Waals surface area contributed by atoms with Gasteiger partial charge in [-0.2, -0.15) is 0 Å². The highest BCUT2D eigenvalue weighted by Gasteiger charge is 2.47. The van der Waals surface area contributed by atoms with Crippen molar-refractivity contribution in [2.24, 2.45) is 0 Å². The molecule has 0 spiro atoms. The molecule has 1 atom stereocenters. The van der Waals surface area contributed by atoms with Gasteiger partial charge in [0.1, 0.15) is 17.3 Å². The molecule has 1 fully saturated rings. The Kier molecular flexibility index (Phi) is 6.38. The number of rotatable bonds is 6. The summed E-state index contributed by atoms with van der Waals surface area (Å²) in [7, 11) is 1.47. The molecule has 6 nitrogen and oxygen atoms in total. The summed E-state index contributed by atoms with van der Waals surface area (Å²) >= 11 is 6.17. The van der Waals surface area contributed by atoms with E-state index in [1.807, 2.05) is 6.92 Å². The first-order valence-electron chi connectivity index (χ1n) is 10.4. The van der Waals surface area contributed by atoms with E-state index in [1.165, 1.54) is 12.0 Å². The largest absolute Gasteiger partial charge is 0.507 e. The molecule has 1 saturated heterocycles. The van der Waals surface area contributed by atoms with Crippen LogP contribution in [0.5, 0.6) is 11.5 Å². The van der Waals surface area contributed by atoms with E-state index in [4.69, 9.17) is 21.1 Å². The second-order valence-electron chi connectivity index (χ2n) is 7.35. The Bertz CT molecular complexity index is 1240. The van der Waals surface area contributed by atoms with Crippen LogP contribution in [0.15, 0.2) is 78.4 Å². The normalized spacial score (nSPS) is 17.3. The number of para-hydroxylation sites is 1. The van der Waals surface area contributed by atoms with Crippen molar-refractivity contribution in [3.05, 3.63) is 94.5 Å². The first kappa shape index (κ1) is 22.4. The van der Waals surface area contributed by atoms with Crippen LogP contribution in [-0.2, 0) is 9.59 Å². The fraction of sp³-hybridized carbons (Fsp3) is 0.154. The van der Waals surface area contributed by atoms with Crippen molar-refractivity contribution in [2.75, 3.05) is 18.6 Å². The standard InChI is InChI=1S/C26H22ClNO5/c1-3-33-19-13-11-16(12-14-19)23-22(24(29)20-9-4-5-10-21(20)32-2)25(30)26(31)28(23)18-8-6-7-17(27)15-18/h4-15,23,29H,3H2,1-2H3/b24-22+. The highest BCUT2D eigenvalue weighted by Crippen LogP contribution is 2.43. The minimum absolute atomic E-state index is 0.0337. The molecule has 1 amide bonds. The maximum atomic E-state index is 13.2. The lowest BCUT2D eigenvalue weighted by Gasteiger charge is -2.26. The Labute approximate surface area is 196 Å². The first-order chi connectivity index (χ1) is 16.0. The summed E-state index contributed by atoms with van der Waals surface area (Å²) in [6, 6.07) is 19.7. The quantitative estimate of drug-likeness (QED) is 0.302. The fourth-order valence-electron chi connectivity index (χ4n) is 3.94. The number of hydrogen-bond donors (Lipinski definition) is 1. The van der Waals surface area contributed by atoms with Crippen LogP contribution in [0.3, 0.4) is 0 Å². The van der Waals surface area contributed by atoms with E-state index < -0.39 is 17.7 Å². The molecule has 1 aliphatic heterocycles. The molecule has 1 heterocycles. The Morgan fingerprint density at radius 3 is 2.42 bits per heavy atom. The molecule has 168 valence electrons. The van der Waals surface area contributed by atoms with Gasteiger partial charge in [0.05, 0.1) is 30.9 Å². The molecule has 33 heavy (non-hydrogen) atoms. The Hall–Kier alpha value is -3.77. The highest BCUT2D eigenvalue weighted by molar-refractivity contribution is 6.51. The molecule has 7 heteroatoms. The number of aliphatic hydroxyl groups is 1. The lowest BCUT2D eigenvalue weighted by Crippen LogP contribution is -2.29. The number of hydrogen-bond acceptors (Lipinski definition) is 5. The number of benzene rings is 3. The number of carbonyl (C=O) groups excluding carboxylic acids is 2. The molecule has 4 rings (SSSR count). The van der Waals surface area contributed by atoms with E-state index in [9.17, 15) is 14.7 Å². The lowest BCUT2D eigenvalue weighted by molar-refractivity contribution is -0.132. The van der Waals surface area contributed by atoms with Gasteiger partial charge in [0.25, 0.3) is 11.7 Å². The summed E-state index contributed by atoms with van der Waals surface area (Å²) in [5.74, 6) is -0.820. The van der Waals surface area contributed by atoms with Gasteiger partial charge in [-0.3, -0.25) is 14.5 Å². The molecule has 1 unspecified atom stereocenters. The molecule has 3 aromatic rings. The van der Waals surface area contributed by atoms with E-state index in [2.05, 4.69) is 0 Å². The van der Waals surface area contributed by atoms with Gasteiger partial charge in [0, 0.05) is 10.7 Å². The zero-order valence-corrected chi connectivity index (χ0v) is 18.9. The molecular formula is C26H22ClNO5. The minimum Gasteiger partial charge on any atom is -0.507 e. The number of nitrogens with zero attached hydrogens (tertiary/aromatic N) is 1. The van der Waals surface area contributed by atoms with Crippen LogP contribution in [-0.4, -0.2) is 30.5 Å². The predicted octanol–water partition coefficient (Wildman–Crippen LogP) is 5.37. The monoisotopic (exact) mass is 463 g/mol. The van der Waals surface area contributed by atoms with Crippen LogP contribution >= 0.6 is 11.6 Å². The number of ether oxygens (including phenoxy) is 2. The van der Waals surface area contributed by atoms with Gasteiger partial charge in [-0.1, -0.05) is 41.9 Å². The summed E-state index contributed by atoms with van der Waals surface area (Å²) in [4.78, 5) is 27.8. The summed E-state index contributed by atoms with van der Waals surface area (Å²) in [6.45, 7) is 2.39. The van der Waals surface area contributed by atoms with Crippen LogP contribution in [0.4, 0.5) is 5.69 Å². The van der Waals surface area contributed by atoms with E-state index >= 15 is 0 Å². The number of amides is 1. The van der Waals surface area contributed by atoms with Crippen molar-refractivity contribution in [3.8, 4) is 11.5 Å². The SMILES string of the molecule is CCOc1ccc(C2/C(=C(\O)c3ccccc3OC)C(=O)C(=O)N2c2cccc(Cl)c2)cc1. The number of carbonyl (C=O) groups is 2. The van der Waals surface area contributed by atoms with Gasteiger partial charge in [-0.15, -0.1) is 0 Å². The Morgan fingerprint density at radius 1 is 1.03 bits per heavy atom. The molecule has 0 bridgehead atoms. The van der Waals surface area contributed by atoms with E-state index in [0.29, 0.717) is 39.9 Å². The van der Waals surface area contributed by atoms with Crippen LogP contribution in [0, 0.1) is 0 Å². The second-order valence-corrected chi connectivity index (χ2v) is 7.79. The number of halogens is 1. The van der Waals surface area contributed by atoms with Crippen molar-refractivity contribution in [1.29, 1.82) is 0 Å². The smallest absolute Gasteiger partial charge is 0.300 e. The maximum Gasteiger partial charge on any atom is 0.300 e. The topological polar surface area (TPSA) is 76.1 Å². The van der Waals surface area contributed by atoms with E-state index in [1.54, 1.807) is 72.8 Å². The van der Waals surface area contributed by atoms with Gasteiger partial charge < -0.3 is 14.6 Å².